The van der Waals surface area contributed by atoms with Gasteiger partial charge in [0.2, 0.25) is 0 Å². The number of hydrogen-bond acceptors (Lipinski definition) is 4. The van der Waals surface area contributed by atoms with Gasteiger partial charge in [0.05, 0.1) is 0 Å². The van der Waals surface area contributed by atoms with Gasteiger partial charge in [0.1, 0.15) is 11.5 Å². The maximum absolute atomic E-state index is 12.9. The van der Waals surface area contributed by atoms with Crippen molar-refractivity contribution in [1.82, 2.24) is 15.3 Å². The number of aromatic nitrogens is 2. The lowest BCUT2D eigenvalue weighted by molar-refractivity contribution is 0.0922. The van der Waals surface area contributed by atoms with Gasteiger partial charge < -0.3 is 10.2 Å². The third kappa shape index (κ3) is 3.97. The molecule has 1 N–H and O–H groups in total. The Labute approximate surface area is 161 Å². The molecule has 4 rings (SSSR count). The predicted molar refractivity (Wildman–Crippen MR) is 107 cm³/mol. The van der Waals surface area contributed by atoms with Crippen LogP contribution in [0.15, 0.2) is 24.4 Å². The summed E-state index contributed by atoms with van der Waals surface area (Å²) in [7, 11) is 2.05. The second kappa shape index (κ2) is 7.67. The van der Waals surface area contributed by atoms with Crippen molar-refractivity contribution in [2.45, 2.75) is 57.9 Å². The molecule has 1 fully saturated rings. The Bertz CT molecular complexity index is 825. The SMILES string of the molecule is Cc1ccc(Cc2cc(C(=O)NC3CCCCC3)nc3c2CCN3C)cn1. The summed E-state index contributed by atoms with van der Waals surface area (Å²) in [5, 5.41) is 3.21. The third-order valence-corrected chi connectivity index (χ3v) is 5.79. The number of nitrogens with zero attached hydrogens (tertiary/aromatic N) is 3. The number of nitrogens with one attached hydrogen (secondary N) is 1. The molecule has 2 aliphatic rings. The molecule has 27 heavy (non-hydrogen) atoms. The van der Waals surface area contributed by atoms with E-state index in [2.05, 4.69) is 28.3 Å². The maximum Gasteiger partial charge on any atom is 0.270 e. The van der Waals surface area contributed by atoms with E-state index in [0.717, 1.165) is 43.7 Å². The second-order valence-electron chi connectivity index (χ2n) is 7.93. The number of carbonyl (C=O) groups is 1. The molecular formula is C22H28N4O. The van der Waals surface area contributed by atoms with Gasteiger partial charge in [0, 0.05) is 37.1 Å². The average Bonchev–Trinajstić information content (AvgIpc) is 3.06. The van der Waals surface area contributed by atoms with Crippen LogP contribution in [0.1, 0.15) is 65.0 Å². The van der Waals surface area contributed by atoms with Gasteiger partial charge in [-0.05, 0) is 55.9 Å². The highest BCUT2D eigenvalue weighted by Crippen LogP contribution is 2.30. The molecule has 0 unspecified atom stereocenters. The normalized spacial score (nSPS) is 17.0. The molecule has 5 heteroatoms. The van der Waals surface area contributed by atoms with Crippen LogP contribution < -0.4 is 10.2 Å². The van der Waals surface area contributed by atoms with Crippen molar-refractivity contribution in [2.24, 2.45) is 0 Å². The van der Waals surface area contributed by atoms with Crippen molar-refractivity contribution < 1.29 is 4.79 Å². The van der Waals surface area contributed by atoms with Crippen molar-refractivity contribution in [3.63, 3.8) is 0 Å². The molecule has 0 spiro atoms. The Morgan fingerprint density at radius 1 is 1.26 bits per heavy atom. The fraction of sp³-hybridized carbons (Fsp3) is 0.500. The molecular weight excluding hydrogens is 336 g/mol. The Morgan fingerprint density at radius 3 is 2.81 bits per heavy atom. The topological polar surface area (TPSA) is 58.1 Å². The molecule has 0 aromatic carbocycles. The summed E-state index contributed by atoms with van der Waals surface area (Å²) in [4.78, 5) is 24.1. The van der Waals surface area contributed by atoms with Crippen LogP contribution in [0.5, 0.6) is 0 Å². The van der Waals surface area contributed by atoms with Gasteiger partial charge in [-0.3, -0.25) is 9.78 Å². The van der Waals surface area contributed by atoms with E-state index < -0.39 is 0 Å². The lowest BCUT2D eigenvalue weighted by Gasteiger charge is -2.23. The monoisotopic (exact) mass is 364 g/mol. The Morgan fingerprint density at radius 2 is 2.07 bits per heavy atom. The van der Waals surface area contributed by atoms with Crippen molar-refractivity contribution in [3.05, 3.63) is 52.5 Å². The number of carbonyl (C=O) groups excluding carboxylic acids is 1. The Balaban J connectivity index is 1.61. The fourth-order valence-electron chi connectivity index (χ4n) is 4.19. The van der Waals surface area contributed by atoms with Crippen LogP contribution in [0.2, 0.25) is 0 Å². The molecule has 0 atom stereocenters. The van der Waals surface area contributed by atoms with Gasteiger partial charge >= 0.3 is 0 Å². The first-order valence-electron chi connectivity index (χ1n) is 10.1. The van der Waals surface area contributed by atoms with E-state index in [1.54, 1.807) is 0 Å². The molecule has 0 radical (unpaired) electrons. The first-order valence-corrected chi connectivity index (χ1v) is 10.1. The van der Waals surface area contributed by atoms with Crippen LogP contribution in [-0.2, 0) is 12.8 Å². The number of hydrogen-bond donors (Lipinski definition) is 1. The van der Waals surface area contributed by atoms with Gasteiger partial charge in [-0.2, -0.15) is 0 Å². The van der Waals surface area contributed by atoms with Crippen molar-refractivity contribution in [3.8, 4) is 0 Å². The number of amides is 1. The summed E-state index contributed by atoms with van der Waals surface area (Å²) in [6.45, 7) is 2.95. The first kappa shape index (κ1) is 18.0. The zero-order valence-electron chi connectivity index (χ0n) is 16.3. The third-order valence-electron chi connectivity index (χ3n) is 5.79. The van der Waals surface area contributed by atoms with E-state index in [0.29, 0.717) is 11.7 Å². The molecule has 0 saturated heterocycles. The zero-order chi connectivity index (χ0) is 18.8. The molecule has 5 nitrogen and oxygen atoms in total. The molecule has 1 saturated carbocycles. The summed E-state index contributed by atoms with van der Waals surface area (Å²) in [5.74, 6) is 0.926. The van der Waals surface area contributed by atoms with Gasteiger partial charge in [0.15, 0.2) is 0 Å². The van der Waals surface area contributed by atoms with Crippen molar-refractivity contribution in [2.75, 3.05) is 18.5 Å². The Hall–Kier alpha value is -2.43. The Kier molecular flexibility index (Phi) is 5.10. The standard InChI is InChI=1S/C22H28N4O/c1-15-8-9-16(14-23-15)12-17-13-20(25-21-19(17)10-11-26(21)2)22(27)24-18-6-4-3-5-7-18/h8-9,13-14,18H,3-7,10-12H2,1-2H3,(H,24,27). The molecule has 142 valence electrons. The van der Waals surface area contributed by atoms with Gasteiger partial charge in [0.25, 0.3) is 5.91 Å². The van der Waals surface area contributed by atoms with E-state index in [-0.39, 0.29) is 5.91 Å². The van der Waals surface area contributed by atoms with Crippen LogP contribution in [0.25, 0.3) is 0 Å². The van der Waals surface area contributed by atoms with Gasteiger partial charge in [-0.15, -0.1) is 0 Å². The van der Waals surface area contributed by atoms with Crippen LogP contribution in [-0.4, -0.2) is 35.5 Å². The summed E-state index contributed by atoms with van der Waals surface area (Å²) < 4.78 is 0. The van der Waals surface area contributed by atoms with E-state index in [1.807, 2.05) is 25.3 Å². The number of anilines is 1. The number of rotatable bonds is 4. The highest BCUT2D eigenvalue weighted by Gasteiger charge is 2.25. The summed E-state index contributed by atoms with van der Waals surface area (Å²) in [6.07, 6.45) is 9.56. The van der Waals surface area contributed by atoms with E-state index in [1.165, 1.54) is 36.0 Å². The minimum absolute atomic E-state index is 0.0340. The van der Waals surface area contributed by atoms with E-state index >= 15 is 0 Å². The van der Waals surface area contributed by atoms with Gasteiger partial charge in [-0.25, -0.2) is 4.98 Å². The number of pyridine rings is 2. The number of likely N-dealkylation sites (N-methyl/N-ethyl adjacent to an activating group) is 1. The van der Waals surface area contributed by atoms with Crippen molar-refractivity contribution >= 4 is 11.7 Å². The first-order chi connectivity index (χ1) is 13.1. The van der Waals surface area contributed by atoms with Crippen LogP contribution >= 0.6 is 0 Å². The minimum atomic E-state index is -0.0340. The van der Waals surface area contributed by atoms with Gasteiger partial charge in [-0.1, -0.05) is 25.3 Å². The molecule has 0 bridgehead atoms. The van der Waals surface area contributed by atoms with Crippen LogP contribution in [0.3, 0.4) is 0 Å². The molecule has 1 aliphatic carbocycles. The van der Waals surface area contributed by atoms with E-state index in [9.17, 15) is 4.79 Å². The molecule has 1 aliphatic heterocycles. The second-order valence-corrected chi connectivity index (χ2v) is 7.93. The van der Waals surface area contributed by atoms with Crippen LogP contribution in [0.4, 0.5) is 5.82 Å². The largest absolute Gasteiger partial charge is 0.359 e. The molecule has 2 aromatic rings. The fourth-order valence-corrected chi connectivity index (χ4v) is 4.19. The summed E-state index contributed by atoms with van der Waals surface area (Å²) >= 11 is 0. The summed E-state index contributed by atoms with van der Waals surface area (Å²) in [6, 6.07) is 6.45. The maximum atomic E-state index is 12.9. The molecule has 1 amide bonds. The highest BCUT2D eigenvalue weighted by atomic mass is 16.1. The summed E-state index contributed by atoms with van der Waals surface area (Å²) in [5.41, 5.74) is 5.20. The number of fused-ring (bicyclic) bond motifs is 1. The predicted octanol–water partition coefficient (Wildman–Crippen LogP) is 3.43. The average molecular weight is 364 g/mol. The zero-order valence-corrected chi connectivity index (χ0v) is 16.3. The molecule has 2 aromatic heterocycles. The van der Waals surface area contributed by atoms with Crippen molar-refractivity contribution in [1.29, 1.82) is 0 Å². The lowest BCUT2D eigenvalue weighted by atomic mass is 9.95. The number of aryl methyl sites for hydroxylation is 1. The highest BCUT2D eigenvalue weighted by molar-refractivity contribution is 5.93. The quantitative estimate of drug-likeness (QED) is 0.903. The lowest BCUT2D eigenvalue weighted by Crippen LogP contribution is -2.36. The van der Waals surface area contributed by atoms with Crippen LogP contribution in [0, 0.1) is 6.92 Å². The smallest absolute Gasteiger partial charge is 0.270 e. The minimum Gasteiger partial charge on any atom is -0.359 e. The van der Waals surface area contributed by atoms with E-state index in [4.69, 9.17) is 4.98 Å². The molecule has 3 heterocycles.